The predicted molar refractivity (Wildman–Crippen MR) is 99.6 cm³/mol. The third-order valence-electron chi connectivity index (χ3n) is 4.93. The fraction of sp³-hybridized carbons (Fsp3) is 0.412. The highest BCUT2D eigenvalue weighted by atomic mass is 32.2. The molecule has 1 N–H and O–H groups in total. The Labute approximate surface area is 152 Å². The molecule has 2 saturated heterocycles. The van der Waals surface area contributed by atoms with Crippen LogP contribution in [-0.4, -0.2) is 45.9 Å². The standard InChI is InChI=1S/C17H18N4O2S2/c1-25(22)12-6-13(16-18-4-5-24-16)15-14(7-12)20-17(23-15)21-8-10-2-3-11(9-21)19-10/h4-7,10-11,19H,2-3,8-9H2,1H3. The monoisotopic (exact) mass is 374 g/mol. The number of piperazine rings is 1. The van der Waals surface area contributed by atoms with Gasteiger partial charge in [-0.15, -0.1) is 11.3 Å². The van der Waals surface area contributed by atoms with Crippen LogP contribution in [0.4, 0.5) is 6.01 Å². The number of hydrogen-bond acceptors (Lipinski definition) is 7. The summed E-state index contributed by atoms with van der Waals surface area (Å²) in [6.07, 6.45) is 5.88. The van der Waals surface area contributed by atoms with Crippen molar-refractivity contribution < 1.29 is 8.97 Å². The highest BCUT2D eigenvalue weighted by Gasteiger charge is 2.34. The summed E-state index contributed by atoms with van der Waals surface area (Å²) in [4.78, 5) is 12.1. The highest BCUT2D eigenvalue weighted by molar-refractivity contribution is 7.90. The van der Waals surface area contributed by atoms with Gasteiger partial charge < -0.3 is 19.2 Å². The van der Waals surface area contributed by atoms with E-state index in [-0.39, 0.29) is 0 Å². The van der Waals surface area contributed by atoms with Crippen molar-refractivity contribution in [2.75, 3.05) is 24.2 Å². The third-order valence-corrected chi connectivity index (χ3v) is 6.64. The van der Waals surface area contributed by atoms with Gasteiger partial charge in [0.25, 0.3) is 6.01 Å². The Morgan fingerprint density at radius 1 is 1.32 bits per heavy atom. The average Bonchev–Trinajstić information content (AvgIpc) is 3.33. The van der Waals surface area contributed by atoms with Crippen molar-refractivity contribution in [1.29, 1.82) is 0 Å². The fourth-order valence-electron chi connectivity index (χ4n) is 3.76. The maximum Gasteiger partial charge on any atom is 0.298 e. The van der Waals surface area contributed by atoms with E-state index in [9.17, 15) is 4.55 Å². The number of benzene rings is 1. The van der Waals surface area contributed by atoms with Crippen molar-refractivity contribution in [3.63, 3.8) is 0 Å². The van der Waals surface area contributed by atoms with E-state index < -0.39 is 11.2 Å². The molecule has 8 heteroatoms. The Balaban J connectivity index is 1.62. The molecular formula is C17H18N4O2S2. The summed E-state index contributed by atoms with van der Waals surface area (Å²) < 4.78 is 18.2. The van der Waals surface area contributed by atoms with E-state index in [1.54, 1.807) is 23.8 Å². The van der Waals surface area contributed by atoms with Crippen LogP contribution in [0.15, 0.2) is 33.0 Å². The average molecular weight is 374 g/mol. The molecule has 6 nitrogen and oxygen atoms in total. The lowest BCUT2D eigenvalue weighted by Gasteiger charge is -2.31. The number of fused-ring (bicyclic) bond motifs is 3. The van der Waals surface area contributed by atoms with Crippen molar-refractivity contribution in [3.8, 4) is 10.6 Å². The fourth-order valence-corrected chi connectivity index (χ4v) is 4.98. The summed E-state index contributed by atoms with van der Waals surface area (Å²) >= 11 is 0.463. The van der Waals surface area contributed by atoms with Gasteiger partial charge in [0.15, 0.2) is 10.5 Å². The van der Waals surface area contributed by atoms with Gasteiger partial charge in [-0.1, -0.05) is 0 Å². The van der Waals surface area contributed by atoms with E-state index >= 15 is 0 Å². The van der Waals surface area contributed by atoms with Crippen LogP contribution in [0.3, 0.4) is 0 Å². The van der Waals surface area contributed by atoms with Gasteiger partial charge >= 0.3 is 0 Å². The van der Waals surface area contributed by atoms with E-state index in [1.807, 2.05) is 17.5 Å². The topological polar surface area (TPSA) is 77.2 Å². The quantitative estimate of drug-likeness (QED) is 0.710. The van der Waals surface area contributed by atoms with Crippen molar-refractivity contribution in [1.82, 2.24) is 15.3 Å². The highest BCUT2D eigenvalue weighted by Crippen LogP contribution is 2.36. The number of thiazole rings is 1. The van der Waals surface area contributed by atoms with Crippen molar-refractivity contribution in [2.24, 2.45) is 0 Å². The smallest absolute Gasteiger partial charge is 0.298 e. The van der Waals surface area contributed by atoms with Gasteiger partial charge in [0.05, 0.1) is 5.56 Å². The molecule has 4 heterocycles. The first-order chi connectivity index (χ1) is 12.2. The van der Waals surface area contributed by atoms with Crippen LogP contribution in [0.25, 0.3) is 21.7 Å². The van der Waals surface area contributed by atoms with Crippen molar-refractivity contribution >= 4 is 39.6 Å². The Hall–Kier alpha value is -1.61. The van der Waals surface area contributed by atoms with Gasteiger partial charge in [-0.3, -0.25) is 0 Å². The maximum absolute atomic E-state index is 12.0. The van der Waals surface area contributed by atoms with Crippen LogP contribution in [0.1, 0.15) is 12.8 Å². The zero-order valence-electron chi connectivity index (χ0n) is 13.8. The molecule has 3 aromatic rings. The van der Waals surface area contributed by atoms with Crippen LogP contribution < -0.4 is 10.2 Å². The zero-order valence-corrected chi connectivity index (χ0v) is 15.4. The van der Waals surface area contributed by atoms with E-state index in [2.05, 4.69) is 15.2 Å². The number of anilines is 1. The van der Waals surface area contributed by atoms with E-state index in [1.165, 1.54) is 12.8 Å². The lowest BCUT2D eigenvalue weighted by atomic mass is 10.2. The van der Waals surface area contributed by atoms with Crippen LogP contribution in [0, 0.1) is 0 Å². The number of rotatable bonds is 3. The normalized spacial score (nSPS) is 24.2. The first-order valence-electron chi connectivity index (χ1n) is 8.36. The molecule has 0 aliphatic carbocycles. The summed E-state index contributed by atoms with van der Waals surface area (Å²) in [5, 5.41) is 6.42. The van der Waals surface area contributed by atoms with E-state index in [0.717, 1.165) is 39.7 Å². The molecule has 2 aliphatic rings. The van der Waals surface area contributed by atoms with E-state index in [4.69, 9.17) is 9.40 Å². The molecule has 0 amide bonds. The van der Waals surface area contributed by atoms with Crippen LogP contribution in [0.5, 0.6) is 0 Å². The molecule has 2 aromatic heterocycles. The summed E-state index contributed by atoms with van der Waals surface area (Å²) in [7, 11) is 0. The summed E-state index contributed by atoms with van der Waals surface area (Å²) in [6.45, 7) is 1.84. The molecule has 2 bridgehead atoms. The van der Waals surface area contributed by atoms with Gasteiger partial charge in [-0.05, 0) is 24.0 Å². The lowest BCUT2D eigenvalue weighted by Crippen LogP contribution is -2.51. The van der Waals surface area contributed by atoms with E-state index in [0.29, 0.717) is 18.1 Å². The Kier molecular flexibility index (Phi) is 3.74. The second-order valence-corrected chi connectivity index (χ2v) is 8.92. The molecular weight excluding hydrogens is 356 g/mol. The molecule has 1 aromatic carbocycles. The summed E-state index contributed by atoms with van der Waals surface area (Å²) in [5.41, 5.74) is 2.35. The zero-order chi connectivity index (χ0) is 17.0. The first-order valence-corrected chi connectivity index (χ1v) is 10.8. The molecule has 0 spiro atoms. The Morgan fingerprint density at radius 3 is 2.80 bits per heavy atom. The minimum absolute atomic E-state index is 0.519. The first kappa shape index (κ1) is 15.6. The van der Waals surface area contributed by atoms with Crippen LogP contribution in [-0.2, 0) is 11.2 Å². The van der Waals surface area contributed by atoms with Gasteiger partial charge in [0.1, 0.15) is 16.8 Å². The summed E-state index contributed by atoms with van der Waals surface area (Å²) in [5.74, 6) is 0. The summed E-state index contributed by atoms with van der Waals surface area (Å²) in [6, 6.07) is 5.47. The largest absolute Gasteiger partial charge is 0.612 e. The SMILES string of the molecule is C[S+]([O-])c1cc(-c2nccs2)c2oc(N3CC4CCC(C3)N4)nc2c1. The third kappa shape index (κ3) is 2.73. The van der Waals surface area contributed by atoms with Gasteiger partial charge in [-0.2, -0.15) is 4.98 Å². The van der Waals surface area contributed by atoms with Crippen LogP contribution in [0.2, 0.25) is 0 Å². The molecule has 5 rings (SSSR count). The minimum atomic E-state index is -1.08. The number of nitrogens with one attached hydrogen (secondary N) is 1. The molecule has 130 valence electrons. The van der Waals surface area contributed by atoms with Gasteiger partial charge in [0.2, 0.25) is 0 Å². The minimum Gasteiger partial charge on any atom is -0.612 e. The molecule has 0 radical (unpaired) electrons. The predicted octanol–water partition coefficient (Wildman–Crippen LogP) is 2.63. The van der Waals surface area contributed by atoms with Crippen molar-refractivity contribution in [2.45, 2.75) is 29.8 Å². The van der Waals surface area contributed by atoms with Gasteiger partial charge in [0, 0.05) is 48.9 Å². The molecule has 3 unspecified atom stereocenters. The number of nitrogens with zero attached hydrogens (tertiary/aromatic N) is 3. The number of aromatic nitrogens is 2. The number of oxazole rings is 1. The van der Waals surface area contributed by atoms with Crippen molar-refractivity contribution in [3.05, 3.63) is 23.7 Å². The molecule has 0 saturated carbocycles. The second-order valence-electron chi connectivity index (χ2n) is 6.65. The molecule has 2 fully saturated rings. The molecule has 3 atom stereocenters. The molecule has 2 aliphatic heterocycles. The lowest BCUT2D eigenvalue weighted by molar-refractivity contribution is 0.437. The van der Waals surface area contributed by atoms with Crippen LogP contribution >= 0.6 is 11.3 Å². The Bertz CT molecular complexity index is 897. The maximum atomic E-state index is 12.0. The Morgan fingerprint density at radius 2 is 2.12 bits per heavy atom. The molecule has 25 heavy (non-hydrogen) atoms. The van der Waals surface area contributed by atoms with Gasteiger partial charge in [-0.25, -0.2) is 4.98 Å². The number of hydrogen-bond donors (Lipinski definition) is 1. The second kappa shape index (κ2) is 5.98.